The summed E-state index contributed by atoms with van der Waals surface area (Å²) in [4.78, 5) is 5.23. The zero-order chi connectivity index (χ0) is 10.2. The van der Waals surface area contributed by atoms with Gasteiger partial charge in [-0.25, -0.2) is 4.98 Å². The molecule has 0 aliphatic carbocycles. The van der Waals surface area contributed by atoms with Crippen molar-refractivity contribution in [3.8, 4) is 0 Å². The lowest BCUT2D eigenvalue weighted by Crippen LogP contribution is -2.50. The van der Waals surface area contributed by atoms with Crippen LogP contribution in [0.15, 0.2) is 5.51 Å². The van der Waals surface area contributed by atoms with Gasteiger partial charge in [0.15, 0.2) is 0 Å². The van der Waals surface area contributed by atoms with E-state index in [0.29, 0.717) is 0 Å². The molecular weight excluding hydrogens is 196 g/mol. The van der Waals surface area contributed by atoms with Crippen molar-refractivity contribution in [2.75, 3.05) is 6.54 Å². The molecule has 2 rings (SSSR count). The van der Waals surface area contributed by atoms with E-state index in [9.17, 15) is 5.11 Å². The Kier molecular flexibility index (Phi) is 2.60. The predicted octanol–water partition coefficient (Wildman–Crippen LogP) is 1.41. The van der Waals surface area contributed by atoms with Crippen LogP contribution >= 0.6 is 11.3 Å². The molecule has 0 spiro atoms. The fourth-order valence-electron chi connectivity index (χ4n) is 2.09. The molecule has 0 bridgehead atoms. The van der Waals surface area contributed by atoms with Crippen molar-refractivity contribution in [3.05, 3.63) is 16.1 Å². The molecule has 1 aliphatic heterocycles. The predicted molar refractivity (Wildman–Crippen MR) is 57.4 cm³/mol. The van der Waals surface area contributed by atoms with Gasteiger partial charge in [0.1, 0.15) is 5.60 Å². The Hall–Kier alpha value is -0.450. The van der Waals surface area contributed by atoms with E-state index in [0.717, 1.165) is 30.0 Å². The van der Waals surface area contributed by atoms with Gasteiger partial charge >= 0.3 is 0 Å². The van der Waals surface area contributed by atoms with E-state index in [2.05, 4.69) is 10.3 Å². The molecule has 1 saturated heterocycles. The Balaban J connectivity index is 2.34. The largest absolute Gasteiger partial charge is 0.383 e. The summed E-state index contributed by atoms with van der Waals surface area (Å²) in [5.41, 5.74) is 2.07. The molecule has 78 valence electrons. The van der Waals surface area contributed by atoms with E-state index in [1.807, 2.05) is 19.4 Å². The number of aliphatic hydroxyl groups is 1. The lowest BCUT2D eigenvalue weighted by molar-refractivity contribution is -0.0200. The second kappa shape index (κ2) is 3.61. The summed E-state index contributed by atoms with van der Waals surface area (Å²) in [7, 11) is 0. The maximum atomic E-state index is 10.6. The Morgan fingerprint density at radius 1 is 1.71 bits per heavy atom. The van der Waals surface area contributed by atoms with E-state index in [1.165, 1.54) is 0 Å². The lowest BCUT2D eigenvalue weighted by atomic mass is 9.85. The maximum absolute atomic E-state index is 10.6. The van der Waals surface area contributed by atoms with Crippen LogP contribution in [0.3, 0.4) is 0 Å². The smallest absolute Gasteiger partial charge is 0.116 e. The van der Waals surface area contributed by atoms with E-state index in [-0.39, 0.29) is 6.04 Å². The number of piperidine rings is 1. The van der Waals surface area contributed by atoms with E-state index in [1.54, 1.807) is 11.3 Å². The van der Waals surface area contributed by atoms with Crippen LogP contribution in [0.5, 0.6) is 0 Å². The fraction of sp³-hybridized carbons (Fsp3) is 0.700. The highest BCUT2D eigenvalue weighted by Gasteiger charge is 2.39. The number of nitrogens with zero attached hydrogens (tertiary/aromatic N) is 1. The number of rotatable bonds is 1. The first-order valence-corrected chi connectivity index (χ1v) is 5.89. The van der Waals surface area contributed by atoms with Gasteiger partial charge in [0.2, 0.25) is 0 Å². The van der Waals surface area contributed by atoms with Crippen LogP contribution in [0.1, 0.15) is 30.3 Å². The fourth-order valence-corrected chi connectivity index (χ4v) is 3.11. The summed E-state index contributed by atoms with van der Waals surface area (Å²) in [6, 6.07) is 0.121. The summed E-state index contributed by atoms with van der Waals surface area (Å²) >= 11 is 1.56. The third-order valence-electron chi connectivity index (χ3n) is 3.04. The molecule has 1 aromatic rings. The Labute approximate surface area is 88.2 Å². The molecule has 4 heteroatoms. The second-order valence-electron chi connectivity index (χ2n) is 3.97. The second-order valence-corrected chi connectivity index (χ2v) is 4.83. The molecule has 1 fully saturated rings. The van der Waals surface area contributed by atoms with Crippen LogP contribution in [-0.2, 0) is 5.60 Å². The Morgan fingerprint density at radius 2 is 2.50 bits per heavy atom. The molecule has 2 atom stereocenters. The highest BCUT2D eigenvalue weighted by Crippen LogP contribution is 2.36. The number of thiazole rings is 1. The Morgan fingerprint density at radius 3 is 3.07 bits per heavy atom. The van der Waals surface area contributed by atoms with Crippen molar-refractivity contribution in [3.63, 3.8) is 0 Å². The Bertz CT molecular complexity index is 326. The number of hydrogen-bond donors (Lipinski definition) is 2. The number of hydrogen-bond acceptors (Lipinski definition) is 4. The molecule has 0 radical (unpaired) electrons. The van der Waals surface area contributed by atoms with Gasteiger partial charge in [0, 0.05) is 6.04 Å². The van der Waals surface area contributed by atoms with Crippen LogP contribution in [0.2, 0.25) is 0 Å². The van der Waals surface area contributed by atoms with Gasteiger partial charge in [-0.15, -0.1) is 11.3 Å². The molecule has 3 nitrogen and oxygen atoms in total. The number of aryl methyl sites for hydroxylation is 1. The first-order chi connectivity index (χ1) is 6.64. The van der Waals surface area contributed by atoms with Crippen molar-refractivity contribution in [1.82, 2.24) is 10.3 Å². The van der Waals surface area contributed by atoms with Gasteiger partial charge < -0.3 is 10.4 Å². The molecule has 1 aromatic heterocycles. The monoisotopic (exact) mass is 212 g/mol. The minimum atomic E-state index is -0.705. The molecule has 2 N–H and O–H groups in total. The summed E-state index contributed by atoms with van der Waals surface area (Å²) in [5, 5.41) is 13.9. The molecular formula is C10H16N2OS. The first-order valence-electron chi connectivity index (χ1n) is 5.01. The van der Waals surface area contributed by atoms with E-state index < -0.39 is 5.60 Å². The lowest BCUT2D eigenvalue weighted by Gasteiger charge is -2.38. The van der Waals surface area contributed by atoms with Crippen LogP contribution in [0, 0.1) is 6.92 Å². The molecule has 14 heavy (non-hydrogen) atoms. The van der Waals surface area contributed by atoms with Crippen LogP contribution < -0.4 is 5.32 Å². The normalized spacial score (nSPS) is 33.2. The first kappa shape index (κ1) is 10.1. The number of aromatic nitrogens is 1. The molecule has 2 unspecified atom stereocenters. The van der Waals surface area contributed by atoms with E-state index >= 15 is 0 Å². The third kappa shape index (κ3) is 1.47. The van der Waals surface area contributed by atoms with Crippen molar-refractivity contribution in [1.29, 1.82) is 0 Å². The van der Waals surface area contributed by atoms with Crippen LogP contribution in [0.4, 0.5) is 0 Å². The zero-order valence-electron chi connectivity index (χ0n) is 8.58. The number of nitrogens with one attached hydrogen (secondary N) is 1. The SMILES string of the molecule is Cc1ncsc1C1(O)CCCNC1C. The summed E-state index contributed by atoms with van der Waals surface area (Å²) in [5.74, 6) is 0. The van der Waals surface area contributed by atoms with Gasteiger partial charge in [-0.05, 0) is 33.2 Å². The minimum Gasteiger partial charge on any atom is -0.383 e. The molecule has 1 aliphatic rings. The van der Waals surface area contributed by atoms with Gasteiger partial charge in [0.25, 0.3) is 0 Å². The van der Waals surface area contributed by atoms with Crippen molar-refractivity contribution in [2.45, 2.75) is 38.3 Å². The van der Waals surface area contributed by atoms with Gasteiger partial charge in [-0.1, -0.05) is 0 Å². The molecule has 2 heterocycles. The van der Waals surface area contributed by atoms with Gasteiger partial charge in [-0.2, -0.15) is 0 Å². The van der Waals surface area contributed by atoms with Gasteiger partial charge in [-0.3, -0.25) is 0 Å². The van der Waals surface area contributed by atoms with Crippen LogP contribution in [0.25, 0.3) is 0 Å². The van der Waals surface area contributed by atoms with Crippen LogP contribution in [-0.4, -0.2) is 22.7 Å². The standard InChI is InChI=1S/C10H16N2OS/c1-7-9(14-6-12-7)10(13)4-3-5-11-8(10)2/h6,8,11,13H,3-5H2,1-2H3. The molecule has 0 aromatic carbocycles. The minimum absolute atomic E-state index is 0.121. The van der Waals surface area contributed by atoms with Crippen molar-refractivity contribution < 1.29 is 5.11 Å². The summed E-state index contributed by atoms with van der Waals surface area (Å²) < 4.78 is 0. The average Bonchev–Trinajstić information content (AvgIpc) is 2.57. The topological polar surface area (TPSA) is 45.2 Å². The maximum Gasteiger partial charge on any atom is 0.116 e. The molecule has 0 saturated carbocycles. The quantitative estimate of drug-likeness (QED) is 0.740. The van der Waals surface area contributed by atoms with E-state index in [4.69, 9.17) is 0 Å². The average molecular weight is 212 g/mol. The zero-order valence-corrected chi connectivity index (χ0v) is 9.40. The highest BCUT2D eigenvalue weighted by molar-refractivity contribution is 7.09. The summed E-state index contributed by atoms with van der Waals surface area (Å²) in [6.45, 7) is 5.00. The third-order valence-corrected chi connectivity index (χ3v) is 4.14. The highest BCUT2D eigenvalue weighted by atomic mass is 32.1. The van der Waals surface area contributed by atoms with Crippen molar-refractivity contribution in [2.24, 2.45) is 0 Å². The molecule has 0 amide bonds. The summed E-state index contributed by atoms with van der Waals surface area (Å²) in [6.07, 6.45) is 1.86. The van der Waals surface area contributed by atoms with Gasteiger partial charge in [0.05, 0.1) is 16.1 Å². The van der Waals surface area contributed by atoms with Crippen molar-refractivity contribution >= 4 is 11.3 Å².